The highest BCUT2D eigenvalue weighted by molar-refractivity contribution is 8.02. The minimum absolute atomic E-state index is 0.560. The maximum Gasteiger partial charge on any atom is 0.0885 e. The third kappa shape index (κ3) is 2.94. The second-order valence-corrected chi connectivity index (χ2v) is 6.24. The van der Waals surface area contributed by atoms with Crippen LogP contribution >= 0.6 is 11.8 Å². The molecule has 0 saturated carbocycles. The van der Waals surface area contributed by atoms with Crippen LogP contribution in [0.4, 0.5) is 0 Å². The average Bonchev–Trinajstić information content (AvgIpc) is 2.14. The van der Waals surface area contributed by atoms with Crippen molar-refractivity contribution < 1.29 is 0 Å². The van der Waals surface area contributed by atoms with Crippen LogP contribution in [0.3, 0.4) is 0 Å². The molecule has 0 aromatic heterocycles. The van der Waals surface area contributed by atoms with Crippen LogP contribution in [0.25, 0.3) is 0 Å². The fourth-order valence-electron chi connectivity index (χ4n) is 2.03. The predicted molar refractivity (Wildman–Crippen MR) is 73.5 cm³/mol. The maximum atomic E-state index is 6.29. The Morgan fingerprint density at radius 2 is 1.29 bits per heavy atom. The molecule has 4 nitrogen and oxygen atoms in total. The van der Waals surface area contributed by atoms with Gasteiger partial charge in [-0.3, -0.25) is 0 Å². The molecule has 5 heteroatoms. The molecule has 2 aliphatic carbocycles. The van der Waals surface area contributed by atoms with E-state index in [2.05, 4.69) is 0 Å². The van der Waals surface area contributed by atoms with Gasteiger partial charge in [0.2, 0.25) is 0 Å². The third-order valence-corrected chi connectivity index (χ3v) is 4.03. The molecule has 2 unspecified atom stereocenters. The van der Waals surface area contributed by atoms with Gasteiger partial charge < -0.3 is 22.9 Å². The lowest BCUT2D eigenvalue weighted by molar-refractivity contribution is 0.693. The Morgan fingerprint density at radius 3 is 1.65 bits per heavy atom. The highest BCUT2D eigenvalue weighted by Gasteiger charge is 2.35. The summed E-state index contributed by atoms with van der Waals surface area (Å²) >= 11 is 1.49. The van der Waals surface area contributed by atoms with Gasteiger partial charge in [0.05, 0.1) is 9.74 Å². The van der Waals surface area contributed by atoms with Crippen molar-refractivity contribution in [2.45, 2.75) is 22.6 Å². The summed E-state index contributed by atoms with van der Waals surface area (Å²) in [4.78, 5) is -1.12. The normalized spacial score (nSPS) is 36.6. The molecule has 0 radical (unpaired) electrons. The molecule has 0 amide bonds. The molecule has 2 aliphatic rings. The van der Waals surface area contributed by atoms with Crippen LogP contribution in [0, 0.1) is 0 Å². The Balaban J connectivity index is 2.16. The van der Waals surface area contributed by atoms with Gasteiger partial charge in [0, 0.05) is 11.4 Å². The second-order valence-electron chi connectivity index (χ2n) is 4.51. The standard InChI is InChI=1S/C12H18N4S/c13-9-3-1-5-11(15,7-9)17-12(16)6-2-4-10(14)8-12/h1-4,7-8H,5-6,13-16H2. The second kappa shape index (κ2) is 4.25. The first-order valence-electron chi connectivity index (χ1n) is 5.49. The SMILES string of the molecule is NC1=CC(N)(SC2(N)C=C(N)C=CC2)CC=C1. The van der Waals surface area contributed by atoms with Crippen LogP contribution in [0.15, 0.2) is 47.9 Å². The minimum atomic E-state index is -0.560. The highest BCUT2D eigenvalue weighted by atomic mass is 32.2. The van der Waals surface area contributed by atoms with Crippen LogP contribution < -0.4 is 22.9 Å². The summed E-state index contributed by atoms with van der Waals surface area (Å²) in [6.07, 6.45) is 12.8. The lowest BCUT2D eigenvalue weighted by atomic mass is 10.1. The summed E-state index contributed by atoms with van der Waals surface area (Å²) in [5, 5.41) is 0. The summed E-state index contributed by atoms with van der Waals surface area (Å²) in [5.74, 6) is 0. The van der Waals surface area contributed by atoms with Crippen LogP contribution in [0.2, 0.25) is 0 Å². The van der Waals surface area contributed by atoms with Crippen LogP contribution in [0.1, 0.15) is 12.8 Å². The molecule has 0 aliphatic heterocycles. The van der Waals surface area contributed by atoms with Gasteiger partial charge in [0.25, 0.3) is 0 Å². The quantitative estimate of drug-likeness (QED) is 0.538. The van der Waals surface area contributed by atoms with E-state index >= 15 is 0 Å². The molecule has 0 heterocycles. The van der Waals surface area contributed by atoms with Crippen molar-refractivity contribution in [3.05, 3.63) is 47.9 Å². The van der Waals surface area contributed by atoms with E-state index in [0.717, 1.165) is 12.8 Å². The first kappa shape index (κ1) is 12.3. The molecule has 0 bridgehead atoms. The molecule has 92 valence electrons. The summed E-state index contributed by atoms with van der Waals surface area (Å²) in [6, 6.07) is 0. The van der Waals surface area contributed by atoms with E-state index in [1.165, 1.54) is 11.8 Å². The zero-order chi connectivity index (χ0) is 12.5. The van der Waals surface area contributed by atoms with E-state index < -0.39 is 9.74 Å². The number of nitrogens with two attached hydrogens (primary N) is 4. The lowest BCUT2D eigenvalue weighted by Crippen LogP contribution is -2.46. The first-order chi connectivity index (χ1) is 7.91. The average molecular weight is 250 g/mol. The van der Waals surface area contributed by atoms with Gasteiger partial charge in [0.15, 0.2) is 0 Å². The molecular formula is C12H18N4S. The van der Waals surface area contributed by atoms with Crippen LogP contribution in [0.5, 0.6) is 0 Å². The third-order valence-electron chi connectivity index (χ3n) is 2.70. The van der Waals surface area contributed by atoms with E-state index in [-0.39, 0.29) is 0 Å². The van der Waals surface area contributed by atoms with Crippen molar-refractivity contribution in [1.82, 2.24) is 0 Å². The summed E-state index contributed by atoms with van der Waals surface area (Å²) < 4.78 is 0. The summed E-state index contributed by atoms with van der Waals surface area (Å²) in [5.41, 5.74) is 25.5. The summed E-state index contributed by atoms with van der Waals surface area (Å²) in [7, 11) is 0. The van der Waals surface area contributed by atoms with E-state index in [9.17, 15) is 0 Å². The van der Waals surface area contributed by atoms with Crippen molar-refractivity contribution in [2.24, 2.45) is 22.9 Å². The molecule has 2 rings (SSSR count). The van der Waals surface area contributed by atoms with E-state index in [4.69, 9.17) is 22.9 Å². The number of hydrogen-bond acceptors (Lipinski definition) is 5. The fraction of sp³-hybridized carbons (Fsp3) is 0.333. The van der Waals surface area contributed by atoms with Gasteiger partial charge in [-0.2, -0.15) is 0 Å². The zero-order valence-electron chi connectivity index (χ0n) is 9.60. The Morgan fingerprint density at radius 1 is 0.882 bits per heavy atom. The molecule has 2 atom stereocenters. The van der Waals surface area contributed by atoms with Crippen molar-refractivity contribution in [2.75, 3.05) is 0 Å². The molecular weight excluding hydrogens is 232 g/mol. The van der Waals surface area contributed by atoms with Gasteiger partial charge in [-0.05, 0) is 37.1 Å². The topological polar surface area (TPSA) is 104 Å². The first-order valence-corrected chi connectivity index (χ1v) is 6.30. The Bertz CT molecular complexity index is 398. The Hall–Kier alpha value is -1.17. The predicted octanol–water partition coefficient (Wildman–Crippen LogP) is 0.635. The maximum absolute atomic E-state index is 6.29. The van der Waals surface area contributed by atoms with Crippen molar-refractivity contribution in [1.29, 1.82) is 0 Å². The van der Waals surface area contributed by atoms with E-state index in [1.807, 2.05) is 36.5 Å². The number of rotatable bonds is 2. The van der Waals surface area contributed by atoms with Gasteiger partial charge in [0.1, 0.15) is 0 Å². The number of hydrogen-bond donors (Lipinski definition) is 4. The van der Waals surface area contributed by atoms with Crippen LogP contribution in [-0.4, -0.2) is 9.74 Å². The molecule has 0 aromatic carbocycles. The lowest BCUT2D eigenvalue weighted by Gasteiger charge is -2.36. The highest BCUT2D eigenvalue weighted by Crippen LogP contribution is 2.40. The molecule has 17 heavy (non-hydrogen) atoms. The molecule has 0 fully saturated rings. The minimum Gasteiger partial charge on any atom is -0.399 e. The molecule has 0 aromatic rings. The summed E-state index contributed by atoms with van der Waals surface area (Å²) in [6.45, 7) is 0. The van der Waals surface area contributed by atoms with Crippen molar-refractivity contribution >= 4 is 11.8 Å². The molecule has 0 spiro atoms. The van der Waals surface area contributed by atoms with Crippen molar-refractivity contribution in [3.8, 4) is 0 Å². The van der Waals surface area contributed by atoms with E-state index in [0.29, 0.717) is 11.4 Å². The Labute approximate surface area is 105 Å². The largest absolute Gasteiger partial charge is 0.399 e. The van der Waals surface area contributed by atoms with Gasteiger partial charge >= 0.3 is 0 Å². The van der Waals surface area contributed by atoms with E-state index in [1.54, 1.807) is 0 Å². The van der Waals surface area contributed by atoms with Gasteiger partial charge in [-0.15, -0.1) is 11.8 Å². The fourth-order valence-corrected chi connectivity index (χ4v) is 3.49. The smallest absolute Gasteiger partial charge is 0.0885 e. The Kier molecular flexibility index (Phi) is 3.07. The monoisotopic (exact) mass is 250 g/mol. The van der Waals surface area contributed by atoms with Crippen molar-refractivity contribution in [3.63, 3.8) is 0 Å². The van der Waals surface area contributed by atoms with Crippen LogP contribution in [-0.2, 0) is 0 Å². The number of allylic oxidation sites excluding steroid dienone is 2. The zero-order valence-corrected chi connectivity index (χ0v) is 10.4. The van der Waals surface area contributed by atoms with Gasteiger partial charge in [-0.25, -0.2) is 0 Å². The molecule has 8 N–H and O–H groups in total. The molecule has 0 saturated heterocycles. The van der Waals surface area contributed by atoms with Gasteiger partial charge in [-0.1, -0.05) is 12.2 Å². The number of thioether (sulfide) groups is 1.